The Morgan fingerprint density at radius 1 is 1.17 bits per heavy atom. The number of thioether (sulfide) groups is 1. The van der Waals surface area contributed by atoms with E-state index in [2.05, 4.69) is 16.4 Å². The maximum absolute atomic E-state index is 13.0. The van der Waals surface area contributed by atoms with Crippen molar-refractivity contribution < 1.29 is 4.79 Å². The number of carbonyl (C=O) groups is 1. The Morgan fingerprint density at radius 3 is 2.59 bits per heavy atom. The zero-order valence-corrected chi connectivity index (χ0v) is 17.4. The van der Waals surface area contributed by atoms with Crippen molar-refractivity contribution in [2.24, 2.45) is 5.92 Å². The number of para-hydroxylation sites is 2. The van der Waals surface area contributed by atoms with E-state index in [-0.39, 0.29) is 17.4 Å². The summed E-state index contributed by atoms with van der Waals surface area (Å²) in [6, 6.07) is 16.1. The van der Waals surface area contributed by atoms with Crippen LogP contribution in [-0.2, 0) is 11.3 Å². The first-order valence-corrected chi connectivity index (χ1v) is 10.2. The zero-order valence-electron chi connectivity index (χ0n) is 16.5. The number of anilines is 1. The molecule has 3 rings (SSSR count). The lowest BCUT2D eigenvalue weighted by Crippen LogP contribution is -2.28. The number of hydrogen-bond donors (Lipinski definition) is 1. The fraction of sp³-hybridized carbons (Fsp3) is 0.273. The van der Waals surface area contributed by atoms with Gasteiger partial charge in [0.15, 0.2) is 5.16 Å². The highest BCUT2D eigenvalue weighted by Gasteiger charge is 2.20. The van der Waals surface area contributed by atoms with Crippen LogP contribution >= 0.6 is 11.8 Å². The highest BCUT2D eigenvalue weighted by Crippen LogP contribution is 2.25. The molecule has 0 aliphatic rings. The summed E-state index contributed by atoms with van der Waals surface area (Å²) in [5.74, 6) is -0.00199. The summed E-state index contributed by atoms with van der Waals surface area (Å²) in [7, 11) is 0. The van der Waals surface area contributed by atoms with Gasteiger partial charge in [-0.05, 0) is 37.1 Å². The first-order valence-electron chi connectivity index (χ1n) is 9.37. The molecule has 0 radical (unpaired) electrons. The van der Waals surface area contributed by atoms with Crippen LogP contribution in [0.2, 0.25) is 0 Å². The minimum absolute atomic E-state index is 0.103. The minimum atomic E-state index is -0.506. The number of hydrogen-bond acceptors (Lipinski definition) is 5. The largest absolute Gasteiger partial charge is 0.324 e. The van der Waals surface area contributed by atoms with Gasteiger partial charge in [-0.3, -0.25) is 14.2 Å². The van der Waals surface area contributed by atoms with E-state index in [1.54, 1.807) is 47.9 Å². The van der Waals surface area contributed by atoms with Gasteiger partial charge in [0.2, 0.25) is 5.91 Å². The molecule has 1 heterocycles. The number of rotatable bonds is 6. The van der Waals surface area contributed by atoms with E-state index >= 15 is 0 Å². The molecule has 0 fully saturated rings. The van der Waals surface area contributed by atoms with Crippen molar-refractivity contribution in [3.63, 3.8) is 0 Å². The molecular weight excluding hydrogens is 384 g/mol. The summed E-state index contributed by atoms with van der Waals surface area (Å²) in [6.07, 6.45) is 0. The fourth-order valence-corrected chi connectivity index (χ4v) is 3.82. The molecule has 0 aliphatic carbocycles. The van der Waals surface area contributed by atoms with Crippen molar-refractivity contribution in [3.8, 4) is 6.07 Å². The van der Waals surface area contributed by atoms with Gasteiger partial charge in [-0.15, -0.1) is 0 Å². The average Bonchev–Trinajstić information content (AvgIpc) is 2.71. The molecule has 2 aromatic carbocycles. The second-order valence-corrected chi connectivity index (χ2v) is 8.44. The second-order valence-electron chi connectivity index (χ2n) is 7.13. The van der Waals surface area contributed by atoms with Crippen molar-refractivity contribution in [3.05, 3.63) is 64.4 Å². The van der Waals surface area contributed by atoms with Crippen LogP contribution in [0.15, 0.2) is 58.5 Å². The molecule has 0 aliphatic heterocycles. The maximum Gasteiger partial charge on any atom is 0.262 e. The van der Waals surface area contributed by atoms with E-state index in [9.17, 15) is 14.9 Å². The summed E-state index contributed by atoms with van der Waals surface area (Å²) >= 11 is 1.24. The first-order chi connectivity index (χ1) is 13.9. The van der Waals surface area contributed by atoms with Crippen molar-refractivity contribution in [2.45, 2.75) is 37.7 Å². The third-order valence-corrected chi connectivity index (χ3v) is 5.42. The summed E-state index contributed by atoms with van der Waals surface area (Å²) in [6.45, 7) is 6.34. The van der Waals surface area contributed by atoms with Gasteiger partial charge in [0.25, 0.3) is 5.56 Å². The van der Waals surface area contributed by atoms with Crippen molar-refractivity contribution in [1.29, 1.82) is 5.26 Å². The SMILES string of the molecule is CC(C)Cn1c(S[C@H](C)C(=O)Nc2ccccc2C#N)nc2ccccc2c1=O. The lowest BCUT2D eigenvalue weighted by molar-refractivity contribution is -0.115. The quantitative estimate of drug-likeness (QED) is 0.493. The number of aromatic nitrogens is 2. The Hall–Kier alpha value is -3.11. The third-order valence-electron chi connectivity index (χ3n) is 4.33. The normalized spacial score (nSPS) is 12.0. The van der Waals surface area contributed by atoms with Gasteiger partial charge in [-0.1, -0.05) is 49.9 Å². The highest BCUT2D eigenvalue weighted by molar-refractivity contribution is 8.00. The molecule has 7 heteroatoms. The van der Waals surface area contributed by atoms with Gasteiger partial charge in [-0.2, -0.15) is 5.26 Å². The van der Waals surface area contributed by atoms with E-state index in [4.69, 9.17) is 0 Å². The van der Waals surface area contributed by atoms with Crippen molar-refractivity contribution in [2.75, 3.05) is 5.32 Å². The molecule has 0 saturated heterocycles. The van der Waals surface area contributed by atoms with Crippen molar-refractivity contribution >= 4 is 34.3 Å². The molecule has 1 atom stereocenters. The highest BCUT2D eigenvalue weighted by atomic mass is 32.2. The Balaban J connectivity index is 1.91. The van der Waals surface area contributed by atoms with Crippen LogP contribution in [0.3, 0.4) is 0 Å². The average molecular weight is 407 g/mol. The molecule has 0 spiro atoms. The smallest absolute Gasteiger partial charge is 0.262 e. The Bertz CT molecular complexity index is 1150. The second kappa shape index (κ2) is 8.93. The number of nitriles is 1. The number of amides is 1. The first kappa shape index (κ1) is 20.6. The lowest BCUT2D eigenvalue weighted by Gasteiger charge is -2.17. The monoisotopic (exact) mass is 406 g/mol. The number of carbonyl (C=O) groups excluding carboxylic acids is 1. The standard InChI is InChI=1S/C22H22N4O2S/c1-14(2)13-26-21(28)17-9-5-7-11-19(17)25-22(26)29-15(3)20(27)24-18-10-6-4-8-16(18)12-23/h4-11,14-15H,13H2,1-3H3,(H,24,27)/t15-/m1/s1. The van der Waals surface area contributed by atoms with Crippen LogP contribution in [0.5, 0.6) is 0 Å². The van der Waals surface area contributed by atoms with Crippen LogP contribution in [0, 0.1) is 17.2 Å². The molecule has 6 nitrogen and oxygen atoms in total. The summed E-state index contributed by atoms with van der Waals surface area (Å²) in [5, 5.41) is 12.6. The summed E-state index contributed by atoms with van der Waals surface area (Å²) in [4.78, 5) is 30.3. The third kappa shape index (κ3) is 4.66. The molecule has 1 aromatic heterocycles. The Kier molecular flexibility index (Phi) is 6.35. The minimum Gasteiger partial charge on any atom is -0.324 e. The van der Waals surface area contributed by atoms with Gasteiger partial charge in [0.05, 0.1) is 27.4 Å². The zero-order chi connectivity index (χ0) is 21.0. The molecule has 3 aromatic rings. The van der Waals surface area contributed by atoms with E-state index in [1.165, 1.54) is 11.8 Å². The van der Waals surface area contributed by atoms with Crippen LogP contribution in [0.1, 0.15) is 26.3 Å². The summed E-state index contributed by atoms with van der Waals surface area (Å²) < 4.78 is 1.64. The van der Waals surface area contributed by atoms with E-state index in [0.717, 1.165) is 0 Å². The number of nitrogens with one attached hydrogen (secondary N) is 1. The molecule has 0 unspecified atom stereocenters. The molecule has 148 valence electrons. The van der Waals surface area contributed by atoms with Crippen molar-refractivity contribution in [1.82, 2.24) is 9.55 Å². The van der Waals surface area contributed by atoms with E-state index in [1.807, 2.05) is 26.0 Å². The van der Waals surface area contributed by atoms with Crippen LogP contribution in [0.4, 0.5) is 5.69 Å². The van der Waals surface area contributed by atoms with Gasteiger partial charge >= 0.3 is 0 Å². The van der Waals surface area contributed by atoms with Crippen LogP contribution < -0.4 is 10.9 Å². The number of fused-ring (bicyclic) bond motifs is 1. The number of nitrogens with zero attached hydrogens (tertiary/aromatic N) is 3. The fourth-order valence-electron chi connectivity index (χ4n) is 2.90. The number of benzene rings is 2. The Morgan fingerprint density at radius 2 is 1.86 bits per heavy atom. The molecule has 29 heavy (non-hydrogen) atoms. The molecule has 1 amide bonds. The van der Waals surface area contributed by atoms with Crippen LogP contribution in [0.25, 0.3) is 10.9 Å². The predicted octanol–water partition coefficient (Wildman–Crippen LogP) is 4.04. The van der Waals surface area contributed by atoms with Gasteiger partial charge in [-0.25, -0.2) is 4.98 Å². The van der Waals surface area contributed by atoms with E-state index in [0.29, 0.717) is 33.9 Å². The molecular formula is C22H22N4O2S. The lowest BCUT2D eigenvalue weighted by atomic mass is 10.2. The van der Waals surface area contributed by atoms with Gasteiger partial charge < -0.3 is 5.32 Å². The van der Waals surface area contributed by atoms with Gasteiger partial charge in [0.1, 0.15) is 6.07 Å². The van der Waals surface area contributed by atoms with Crippen LogP contribution in [-0.4, -0.2) is 20.7 Å². The predicted molar refractivity (Wildman–Crippen MR) is 116 cm³/mol. The molecule has 0 bridgehead atoms. The summed E-state index contributed by atoms with van der Waals surface area (Å²) in [5.41, 5.74) is 1.38. The Labute approximate surface area is 173 Å². The van der Waals surface area contributed by atoms with E-state index < -0.39 is 5.25 Å². The molecule has 1 N–H and O–H groups in total. The topological polar surface area (TPSA) is 87.8 Å². The molecule has 0 saturated carbocycles. The van der Waals surface area contributed by atoms with Gasteiger partial charge in [0, 0.05) is 6.54 Å². The maximum atomic E-state index is 13.0.